The Kier molecular flexibility index (Phi) is 8.63. The Morgan fingerprint density at radius 3 is 2.18 bits per heavy atom. The van der Waals surface area contributed by atoms with Crippen molar-refractivity contribution in [1.29, 1.82) is 0 Å². The van der Waals surface area contributed by atoms with Gasteiger partial charge in [-0.25, -0.2) is 0 Å². The van der Waals surface area contributed by atoms with Crippen LogP contribution in [-0.2, 0) is 9.53 Å². The van der Waals surface area contributed by atoms with E-state index in [1.54, 1.807) is 6.92 Å². The minimum Gasteiger partial charge on any atom is -0.543 e. The fourth-order valence-electron chi connectivity index (χ4n) is 3.28. The van der Waals surface area contributed by atoms with Crippen LogP contribution in [0.1, 0.15) is 64.2 Å². The molecule has 0 atom stereocenters. The van der Waals surface area contributed by atoms with Gasteiger partial charge in [-0.05, 0) is 91.8 Å². The number of hydrogen-bond acceptors (Lipinski definition) is 5. The molecule has 0 aliphatic heterocycles. The van der Waals surface area contributed by atoms with Gasteiger partial charge in [-0.2, -0.15) is 0 Å². The Labute approximate surface area is 201 Å². The van der Waals surface area contributed by atoms with Gasteiger partial charge in [-0.15, -0.1) is 0 Å². The Morgan fingerprint density at radius 2 is 1.67 bits per heavy atom. The van der Waals surface area contributed by atoms with Crippen molar-refractivity contribution in [1.82, 2.24) is 0 Å². The molecule has 0 spiro atoms. The predicted octanol–water partition coefficient (Wildman–Crippen LogP) is 7.58. The molecule has 6 heteroatoms. The van der Waals surface area contributed by atoms with E-state index >= 15 is 0 Å². The van der Waals surface area contributed by atoms with E-state index in [9.17, 15) is 4.79 Å². The summed E-state index contributed by atoms with van der Waals surface area (Å²) in [5, 5.41) is 3.26. The zero-order valence-electron chi connectivity index (χ0n) is 22.0. The molecule has 33 heavy (non-hydrogen) atoms. The van der Waals surface area contributed by atoms with Crippen molar-refractivity contribution in [3.8, 4) is 17.2 Å². The van der Waals surface area contributed by atoms with Crippen molar-refractivity contribution in [3.05, 3.63) is 47.0 Å². The molecule has 0 fully saturated rings. The molecular formula is C27H41NO4Si. The third-order valence-electron chi connectivity index (χ3n) is 6.20. The number of carbonyl (C=O) groups is 1. The fourth-order valence-corrected chi connectivity index (χ4v) is 4.32. The molecule has 0 radical (unpaired) electrons. The average molecular weight is 472 g/mol. The maximum Gasteiger partial charge on any atom is 0.325 e. The van der Waals surface area contributed by atoms with E-state index < -0.39 is 8.32 Å². The van der Waals surface area contributed by atoms with E-state index in [2.05, 4.69) is 59.1 Å². The van der Waals surface area contributed by atoms with Gasteiger partial charge in [0.2, 0.25) is 8.32 Å². The molecule has 2 rings (SSSR count). The molecule has 0 heterocycles. The molecule has 0 saturated heterocycles. The second-order valence-electron chi connectivity index (χ2n) is 10.4. The number of rotatable bonds is 9. The Morgan fingerprint density at radius 1 is 1.06 bits per heavy atom. The number of aryl methyl sites for hydroxylation is 2. The van der Waals surface area contributed by atoms with E-state index in [-0.39, 0.29) is 17.6 Å². The van der Waals surface area contributed by atoms with Gasteiger partial charge in [0.15, 0.2) is 0 Å². The van der Waals surface area contributed by atoms with Crippen molar-refractivity contribution in [3.63, 3.8) is 0 Å². The van der Waals surface area contributed by atoms with Crippen LogP contribution in [-0.4, -0.2) is 27.4 Å². The maximum atomic E-state index is 11.6. The van der Waals surface area contributed by atoms with Crippen LogP contribution >= 0.6 is 0 Å². The topological polar surface area (TPSA) is 56.8 Å². The summed E-state index contributed by atoms with van der Waals surface area (Å²) in [6, 6.07) is 10.1. The third kappa shape index (κ3) is 7.00. The first kappa shape index (κ1) is 26.8. The first-order valence-corrected chi connectivity index (χ1v) is 14.7. The van der Waals surface area contributed by atoms with Crippen LogP contribution in [0.3, 0.4) is 0 Å². The minimum atomic E-state index is -1.94. The van der Waals surface area contributed by atoms with Crippen molar-refractivity contribution in [2.45, 2.75) is 79.4 Å². The van der Waals surface area contributed by atoms with Gasteiger partial charge < -0.3 is 19.2 Å². The molecule has 0 unspecified atom stereocenters. The summed E-state index contributed by atoms with van der Waals surface area (Å²) in [6.45, 7) is 22.0. The van der Waals surface area contributed by atoms with Crippen LogP contribution in [0.2, 0.25) is 18.1 Å². The van der Waals surface area contributed by atoms with Gasteiger partial charge in [-0.1, -0.05) is 34.6 Å². The molecule has 1 N–H and O–H groups in total. The largest absolute Gasteiger partial charge is 0.543 e. The second kappa shape index (κ2) is 10.6. The zero-order valence-corrected chi connectivity index (χ0v) is 23.0. The van der Waals surface area contributed by atoms with E-state index in [1.807, 2.05) is 38.1 Å². The molecule has 0 aliphatic rings. The van der Waals surface area contributed by atoms with Gasteiger partial charge in [0.05, 0.1) is 6.61 Å². The third-order valence-corrected chi connectivity index (χ3v) is 10.5. The summed E-state index contributed by atoms with van der Waals surface area (Å²) in [6.07, 6.45) is 0. The van der Waals surface area contributed by atoms with Crippen LogP contribution in [0.15, 0.2) is 30.3 Å². The lowest BCUT2D eigenvalue weighted by Crippen LogP contribution is -2.44. The SMILES string of the molecule is CCOC(=O)CNc1cc(C)c(Oc2ccc(O[Si](C)(C)C(C)(C)C)c(C(C)C)c2)c(C)c1. The van der Waals surface area contributed by atoms with Gasteiger partial charge in [0.25, 0.3) is 0 Å². The molecule has 0 saturated carbocycles. The highest BCUT2D eigenvalue weighted by Gasteiger charge is 2.39. The average Bonchev–Trinajstić information content (AvgIpc) is 2.69. The van der Waals surface area contributed by atoms with Crippen molar-refractivity contribution >= 4 is 20.0 Å². The van der Waals surface area contributed by atoms with Crippen molar-refractivity contribution in [2.24, 2.45) is 0 Å². The molecule has 2 aromatic rings. The number of anilines is 1. The van der Waals surface area contributed by atoms with Gasteiger partial charge in [-0.3, -0.25) is 4.79 Å². The highest BCUT2D eigenvalue weighted by molar-refractivity contribution is 6.74. The summed E-state index contributed by atoms with van der Waals surface area (Å²) in [5.74, 6) is 2.61. The number of ether oxygens (including phenoxy) is 2. The highest BCUT2D eigenvalue weighted by Crippen LogP contribution is 2.41. The first-order chi connectivity index (χ1) is 15.2. The van der Waals surface area contributed by atoms with Gasteiger partial charge in [0.1, 0.15) is 23.8 Å². The minimum absolute atomic E-state index is 0.133. The van der Waals surface area contributed by atoms with Gasteiger partial charge in [0, 0.05) is 5.69 Å². The highest BCUT2D eigenvalue weighted by atomic mass is 28.4. The van der Waals surface area contributed by atoms with E-state index in [0.717, 1.165) is 39.6 Å². The Hall–Kier alpha value is -2.47. The van der Waals surface area contributed by atoms with Gasteiger partial charge >= 0.3 is 5.97 Å². The molecular weight excluding hydrogens is 430 g/mol. The lowest BCUT2D eigenvalue weighted by molar-refractivity contribution is -0.140. The Bertz CT molecular complexity index is 954. The number of nitrogens with one attached hydrogen (secondary N) is 1. The predicted molar refractivity (Wildman–Crippen MR) is 139 cm³/mol. The molecule has 0 bridgehead atoms. The van der Waals surface area contributed by atoms with Crippen LogP contribution in [0, 0.1) is 13.8 Å². The lowest BCUT2D eigenvalue weighted by Gasteiger charge is -2.37. The van der Waals surface area contributed by atoms with E-state index in [4.69, 9.17) is 13.9 Å². The summed E-state index contributed by atoms with van der Waals surface area (Å²) in [7, 11) is -1.94. The van der Waals surface area contributed by atoms with Crippen LogP contribution in [0.5, 0.6) is 17.2 Å². The summed E-state index contributed by atoms with van der Waals surface area (Å²) < 4.78 is 17.9. The molecule has 0 aromatic heterocycles. The summed E-state index contributed by atoms with van der Waals surface area (Å²) in [4.78, 5) is 11.6. The summed E-state index contributed by atoms with van der Waals surface area (Å²) in [5.41, 5.74) is 4.01. The smallest absolute Gasteiger partial charge is 0.325 e. The van der Waals surface area contributed by atoms with Crippen LogP contribution < -0.4 is 14.5 Å². The van der Waals surface area contributed by atoms with Crippen LogP contribution in [0.4, 0.5) is 5.69 Å². The number of hydrogen-bond donors (Lipinski definition) is 1. The Balaban J connectivity index is 2.27. The maximum absolute atomic E-state index is 11.6. The molecule has 0 amide bonds. The lowest BCUT2D eigenvalue weighted by atomic mass is 10.0. The molecule has 2 aromatic carbocycles. The normalized spacial score (nSPS) is 12.0. The fraction of sp³-hybridized carbons (Fsp3) is 0.519. The quantitative estimate of drug-likeness (QED) is 0.302. The molecule has 5 nitrogen and oxygen atoms in total. The molecule has 0 aliphatic carbocycles. The van der Waals surface area contributed by atoms with E-state index in [0.29, 0.717) is 12.5 Å². The first-order valence-electron chi connectivity index (χ1n) is 11.8. The zero-order chi connectivity index (χ0) is 25.0. The van der Waals surface area contributed by atoms with Crippen molar-refractivity contribution < 1.29 is 18.7 Å². The standard InChI is InChI=1S/C27H41NO4Si/c1-11-30-25(29)17-28-21-14-19(4)26(20(5)15-21)31-22-12-13-24(23(16-22)18(2)3)32-33(9,10)27(6,7)8/h12-16,18,28H,11,17H2,1-10H3. The van der Waals surface area contributed by atoms with Crippen molar-refractivity contribution in [2.75, 3.05) is 18.5 Å². The molecule has 182 valence electrons. The van der Waals surface area contributed by atoms with E-state index in [1.165, 1.54) is 0 Å². The number of carbonyl (C=O) groups excluding carboxylic acids is 1. The summed E-state index contributed by atoms with van der Waals surface area (Å²) >= 11 is 0. The number of benzene rings is 2. The number of esters is 1. The second-order valence-corrected chi connectivity index (χ2v) is 15.1. The van der Waals surface area contributed by atoms with Crippen LogP contribution in [0.25, 0.3) is 0 Å². The monoisotopic (exact) mass is 471 g/mol.